The van der Waals surface area contributed by atoms with Crippen molar-refractivity contribution in [3.05, 3.63) is 29.8 Å². The lowest BCUT2D eigenvalue weighted by Gasteiger charge is -2.30. The smallest absolute Gasteiger partial charge is 0.407 e. The molecule has 4 N–H and O–H groups in total. The van der Waals surface area contributed by atoms with Gasteiger partial charge in [0.15, 0.2) is 0 Å². The lowest BCUT2D eigenvalue weighted by atomic mass is 10.0. The highest BCUT2D eigenvalue weighted by Crippen LogP contribution is 2.14. The SMILES string of the molecule is Nc1ccccc1CNC1CCN(C(=O)O)CC1. The van der Waals surface area contributed by atoms with Crippen LogP contribution in [0.25, 0.3) is 0 Å². The number of benzene rings is 1. The molecule has 0 unspecified atom stereocenters. The minimum absolute atomic E-state index is 0.375. The van der Waals surface area contributed by atoms with Crippen LogP contribution in [0.15, 0.2) is 24.3 Å². The Bertz CT molecular complexity index is 414. The van der Waals surface area contributed by atoms with Crippen molar-refractivity contribution in [3.63, 3.8) is 0 Å². The summed E-state index contributed by atoms with van der Waals surface area (Å²) >= 11 is 0. The first-order valence-electron chi connectivity index (χ1n) is 6.21. The van der Waals surface area contributed by atoms with Crippen molar-refractivity contribution in [2.75, 3.05) is 18.8 Å². The minimum atomic E-state index is -0.819. The largest absolute Gasteiger partial charge is 0.465 e. The number of nitrogens with two attached hydrogens (primary N) is 1. The molecule has 1 aliphatic rings. The minimum Gasteiger partial charge on any atom is -0.465 e. The number of carboxylic acid groups (broad SMARTS) is 1. The molecular formula is C13H19N3O2. The van der Waals surface area contributed by atoms with E-state index in [1.165, 1.54) is 4.90 Å². The Kier molecular flexibility index (Phi) is 4.04. The van der Waals surface area contributed by atoms with E-state index >= 15 is 0 Å². The third kappa shape index (κ3) is 3.13. The molecular weight excluding hydrogens is 230 g/mol. The number of nitrogens with one attached hydrogen (secondary N) is 1. The Morgan fingerprint density at radius 2 is 2.06 bits per heavy atom. The maximum Gasteiger partial charge on any atom is 0.407 e. The first kappa shape index (κ1) is 12.7. The third-order valence-corrected chi connectivity index (χ3v) is 3.40. The van der Waals surface area contributed by atoms with Crippen molar-refractivity contribution in [2.45, 2.75) is 25.4 Å². The number of anilines is 1. The van der Waals surface area contributed by atoms with Gasteiger partial charge in [0.05, 0.1) is 0 Å². The fourth-order valence-corrected chi connectivity index (χ4v) is 2.22. The number of piperidine rings is 1. The zero-order valence-electron chi connectivity index (χ0n) is 10.3. The van der Waals surface area contributed by atoms with Crippen LogP contribution in [0.3, 0.4) is 0 Å². The topological polar surface area (TPSA) is 78.6 Å². The van der Waals surface area contributed by atoms with Crippen molar-refractivity contribution in [3.8, 4) is 0 Å². The summed E-state index contributed by atoms with van der Waals surface area (Å²) in [5.41, 5.74) is 7.77. The van der Waals surface area contributed by atoms with E-state index in [1.54, 1.807) is 0 Å². The van der Waals surface area contributed by atoms with Gasteiger partial charge in [0.1, 0.15) is 0 Å². The van der Waals surface area contributed by atoms with E-state index in [9.17, 15) is 4.79 Å². The molecule has 0 atom stereocenters. The number of amides is 1. The van der Waals surface area contributed by atoms with Gasteiger partial charge >= 0.3 is 6.09 Å². The molecule has 1 saturated heterocycles. The lowest BCUT2D eigenvalue weighted by molar-refractivity contribution is 0.129. The molecule has 1 amide bonds. The van der Waals surface area contributed by atoms with Gasteiger partial charge in [-0.05, 0) is 24.5 Å². The molecule has 5 heteroatoms. The maximum absolute atomic E-state index is 10.8. The number of hydrogen-bond donors (Lipinski definition) is 3. The van der Waals surface area contributed by atoms with E-state index < -0.39 is 6.09 Å². The Labute approximate surface area is 107 Å². The molecule has 1 aliphatic heterocycles. The highest BCUT2D eigenvalue weighted by Gasteiger charge is 2.21. The van der Waals surface area contributed by atoms with E-state index in [-0.39, 0.29) is 0 Å². The Morgan fingerprint density at radius 3 is 2.67 bits per heavy atom. The van der Waals surface area contributed by atoms with Gasteiger partial charge in [-0.3, -0.25) is 0 Å². The van der Waals surface area contributed by atoms with E-state index in [4.69, 9.17) is 10.8 Å². The molecule has 0 radical (unpaired) electrons. The van der Waals surface area contributed by atoms with Crippen molar-refractivity contribution in [1.29, 1.82) is 0 Å². The quantitative estimate of drug-likeness (QED) is 0.709. The van der Waals surface area contributed by atoms with Crippen LogP contribution < -0.4 is 11.1 Å². The number of nitrogen functional groups attached to an aromatic ring is 1. The number of likely N-dealkylation sites (tertiary alicyclic amines) is 1. The van der Waals surface area contributed by atoms with Crippen molar-refractivity contribution in [1.82, 2.24) is 10.2 Å². The molecule has 1 heterocycles. The zero-order valence-corrected chi connectivity index (χ0v) is 10.3. The number of para-hydroxylation sites is 1. The molecule has 0 bridgehead atoms. The molecule has 2 rings (SSSR count). The fraction of sp³-hybridized carbons (Fsp3) is 0.462. The van der Waals surface area contributed by atoms with Gasteiger partial charge in [-0.2, -0.15) is 0 Å². The van der Waals surface area contributed by atoms with E-state index in [0.29, 0.717) is 19.1 Å². The van der Waals surface area contributed by atoms with Gasteiger partial charge in [-0.15, -0.1) is 0 Å². The molecule has 0 aromatic heterocycles. The predicted octanol–water partition coefficient (Wildman–Crippen LogP) is 1.50. The molecule has 1 aromatic carbocycles. The average molecular weight is 249 g/mol. The van der Waals surface area contributed by atoms with Gasteiger partial charge in [0.25, 0.3) is 0 Å². The van der Waals surface area contributed by atoms with Crippen LogP contribution in [-0.4, -0.2) is 35.2 Å². The van der Waals surface area contributed by atoms with Gasteiger partial charge in [-0.25, -0.2) is 4.79 Å². The van der Waals surface area contributed by atoms with Crippen LogP contribution in [0.5, 0.6) is 0 Å². The van der Waals surface area contributed by atoms with Crippen LogP contribution in [0.1, 0.15) is 18.4 Å². The van der Waals surface area contributed by atoms with E-state index in [0.717, 1.165) is 30.6 Å². The Morgan fingerprint density at radius 1 is 1.39 bits per heavy atom. The number of nitrogens with zero attached hydrogens (tertiary/aromatic N) is 1. The summed E-state index contributed by atoms with van der Waals surface area (Å²) in [7, 11) is 0. The highest BCUT2D eigenvalue weighted by atomic mass is 16.4. The monoisotopic (exact) mass is 249 g/mol. The predicted molar refractivity (Wildman–Crippen MR) is 70.3 cm³/mol. The molecule has 1 aromatic rings. The standard InChI is InChI=1S/C13H19N3O2/c14-12-4-2-1-3-10(12)9-15-11-5-7-16(8-6-11)13(17)18/h1-4,11,15H,5-9,14H2,(H,17,18). The van der Waals surface area contributed by atoms with Crippen LogP contribution in [-0.2, 0) is 6.54 Å². The Hall–Kier alpha value is -1.75. The molecule has 18 heavy (non-hydrogen) atoms. The lowest BCUT2D eigenvalue weighted by Crippen LogP contribution is -2.44. The van der Waals surface area contributed by atoms with Gasteiger partial charge in [-0.1, -0.05) is 18.2 Å². The average Bonchev–Trinajstić information content (AvgIpc) is 2.38. The van der Waals surface area contributed by atoms with E-state index in [2.05, 4.69) is 5.32 Å². The molecule has 1 fully saturated rings. The second-order valence-corrected chi connectivity index (χ2v) is 4.62. The third-order valence-electron chi connectivity index (χ3n) is 3.40. The van der Waals surface area contributed by atoms with Crippen LogP contribution in [0.2, 0.25) is 0 Å². The van der Waals surface area contributed by atoms with Gasteiger partial charge in [0.2, 0.25) is 0 Å². The van der Waals surface area contributed by atoms with Gasteiger partial charge < -0.3 is 21.1 Å². The first-order chi connectivity index (χ1) is 8.66. The summed E-state index contributed by atoms with van der Waals surface area (Å²) < 4.78 is 0. The van der Waals surface area contributed by atoms with Gasteiger partial charge in [0, 0.05) is 31.4 Å². The van der Waals surface area contributed by atoms with Crippen LogP contribution in [0.4, 0.5) is 10.5 Å². The summed E-state index contributed by atoms with van der Waals surface area (Å²) in [6, 6.07) is 8.17. The normalized spacial score (nSPS) is 16.8. The summed E-state index contributed by atoms with van der Waals surface area (Å²) in [6.07, 6.45) is 0.902. The fourth-order valence-electron chi connectivity index (χ4n) is 2.22. The highest BCUT2D eigenvalue weighted by molar-refractivity contribution is 5.65. The Balaban J connectivity index is 1.79. The molecule has 0 saturated carbocycles. The van der Waals surface area contributed by atoms with Crippen LogP contribution in [0, 0.1) is 0 Å². The number of carbonyl (C=O) groups is 1. The number of hydrogen-bond acceptors (Lipinski definition) is 3. The summed E-state index contributed by atoms with van der Waals surface area (Å²) in [6.45, 7) is 1.96. The zero-order chi connectivity index (χ0) is 13.0. The molecule has 0 spiro atoms. The first-order valence-corrected chi connectivity index (χ1v) is 6.21. The molecule has 98 valence electrons. The van der Waals surface area contributed by atoms with Crippen molar-refractivity contribution in [2.24, 2.45) is 0 Å². The van der Waals surface area contributed by atoms with Crippen molar-refractivity contribution >= 4 is 11.8 Å². The van der Waals surface area contributed by atoms with Crippen molar-refractivity contribution < 1.29 is 9.90 Å². The summed E-state index contributed by atoms with van der Waals surface area (Å²) in [4.78, 5) is 12.2. The second kappa shape index (κ2) is 5.73. The molecule has 0 aliphatic carbocycles. The number of rotatable bonds is 3. The van der Waals surface area contributed by atoms with Crippen LogP contribution >= 0.6 is 0 Å². The summed E-state index contributed by atoms with van der Waals surface area (Å²) in [5.74, 6) is 0. The molecule has 5 nitrogen and oxygen atoms in total. The van der Waals surface area contributed by atoms with E-state index in [1.807, 2.05) is 24.3 Å². The second-order valence-electron chi connectivity index (χ2n) is 4.62. The summed E-state index contributed by atoms with van der Waals surface area (Å²) in [5, 5.41) is 12.3. The maximum atomic E-state index is 10.8.